The molecule has 0 aliphatic heterocycles. The highest BCUT2D eigenvalue weighted by molar-refractivity contribution is 5.88. The van der Waals surface area contributed by atoms with Gasteiger partial charge in [0.2, 0.25) is 17.6 Å². The largest absolute Gasteiger partial charge is 0.325 e. The Morgan fingerprint density at radius 3 is 2.04 bits per heavy atom. The van der Waals surface area contributed by atoms with Crippen LogP contribution >= 0.6 is 0 Å². The predicted molar refractivity (Wildman–Crippen MR) is 85.1 cm³/mol. The minimum Gasteiger partial charge on any atom is -0.325 e. The van der Waals surface area contributed by atoms with Crippen LogP contribution in [-0.4, -0.2) is 36.3 Å². The maximum Gasteiger partial charge on any atom is 0.221 e. The minimum absolute atomic E-state index is 0. The molecule has 116 valence electrons. The van der Waals surface area contributed by atoms with Gasteiger partial charge in [-0.2, -0.15) is 0 Å². The third kappa shape index (κ3) is 3.88. The number of amides is 1. The number of rotatable bonds is 3. The summed E-state index contributed by atoms with van der Waals surface area (Å²) in [5, 5.41) is 18.6. The van der Waals surface area contributed by atoms with Crippen molar-refractivity contribution in [1.29, 1.82) is 0 Å². The number of aromatic nitrogens is 6. The van der Waals surface area contributed by atoms with Crippen molar-refractivity contribution < 1.29 is 4.79 Å². The summed E-state index contributed by atoms with van der Waals surface area (Å²) in [7, 11) is 0. The van der Waals surface area contributed by atoms with Crippen LogP contribution < -0.4 is 5.32 Å². The first-order valence-corrected chi connectivity index (χ1v) is 6.45. The van der Waals surface area contributed by atoms with Crippen LogP contribution in [0.25, 0.3) is 23.0 Å². The summed E-state index contributed by atoms with van der Waals surface area (Å²) in [6, 6.07) is 8.81. The zero-order valence-electron chi connectivity index (χ0n) is 11.6. The highest BCUT2D eigenvalue weighted by Crippen LogP contribution is 2.14. The van der Waals surface area contributed by atoms with Crippen LogP contribution in [0.1, 0.15) is 14.4 Å². The lowest BCUT2D eigenvalue weighted by Crippen LogP contribution is -2.06. The van der Waals surface area contributed by atoms with Crippen molar-refractivity contribution >= 4 is 11.6 Å². The van der Waals surface area contributed by atoms with Gasteiger partial charge >= 0.3 is 0 Å². The van der Waals surface area contributed by atoms with Crippen LogP contribution in [0.3, 0.4) is 0 Å². The molecule has 23 heavy (non-hydrogen) atoms. The van der Waals surface area contributed by atoms with Crippen molar-refractivity contribution in [3.05, 3.63) is 42.7 Å². The molecule has 3 aromatic heterocycles. The monoisotopic (exact) mass is 309 g/mol. The molecule has 0 saturated carbocycles. The average Bonchev–Trinajstić information content (AvgIpc) is 2.56. The fourth-order valence-electron chi connectivity index (χ4n) is 1.73. The van der Waals surface area contributed by atoms with E-state index < -0.39 is 0 Å². The zero-order chi connectivity index (χ0) is 15.4. The molecule has 0 fully saturated rings. The molecule has 3 aromatic rings. The van der Waals surface area contributed by atoms with Gasteiger partial charge in [0.05, 0.1) is 11.9 Å². The Labute approximate surface area is 133 Å². The van der Waals surface area contributed by atoms with Crippen molar-refractivity contribution in [1.82, 2.24) is 30.4 Å². The molecule has 0 aliphatic carbocycles. The van der Waals surface area contributed by atoms with E-state index in [1.165, 1.54) is 13.1 Å². The molecule has 0 saturated heterocycles. The third-order valence-electron chi connectivity index (χ3n) is 2.69. The number of hydrogen-bond donors (Lipinski definition) is 1. The van der Waals surface area contributed by atoms with Crippen LogP contribution in [0.2, 0.25) is 0 Å². The van der Waals surface area contributed by atoms with E-state index in [9.17, 15) is 4.79 Å². The summed E-state index contributed by atoms with van der Waals surface area (Å²) in [6.07, 6.45) is 3.17. The van der Waals surface area contributed by atoms with Crippen molar-refractivity contribution in [3.63, 3.8) is 0 Å². The number of pyridine rings is 2. The predicted octanol–water partition coefficient (Wildman–Crippen LogP) is 1.99. The molecular weight excluding hydrogens is 294 g/mol. The highest BCUT2D eigenvalue weighted by atomic mass is 16.1. The first kappa shape index (κ1) is 16.1. The normalized spacial score (nSPS) is 9.78. The van der Waals surface area contributed by atoms with Crippen LogP contribution in [0, 0.1) is 0 Å². The van der Waals surface area contributed by atoms with Crippen LogP contribution in [0.4, 0.5) is 5.69 Å². The third-order valence-corrected chi connectivity index (χ3v) is 2.69. The van der Waals surface area contributed by atoms with Crippen LogP contribution in [0.5, 0.6) is 0 Å². The summed E-state index contributed by atoms with van der Waals surface area (Å²) >= 11 is 0. The molecular formula is C15H15N7O. The standard InChI is InChI=1S/C14H11N7O.CH4/c1-9(22)17-10-5-6-12(16-8-10)14-20-18-13(19-21-14)11-4-2-3-7-15-11;/h2-8H,1H3,(H,17,22);1H4. The number of nitrogens with zero attached hydrogens (tertiary/aromatic N) is 6. The van der Waals surface area contributed by atoms with Crippen molar-refractivity contribution in [3.8, 4) is 23.0 Å². The topological polar surface area (TPSA) is 106 Å². The van der Waals surface area contributed by atoms with Crippen molar-refractivity contribution in [2.75, 3.05) is 5.32 Å². The van der Waals surface area contributed by atoms with Crippen LogP contribution in [0.15, 0.2) is 42.7 Å². The second-order valence-electron chi connectivity index (χ2n) is 4.38. The maximum absolute atomic E-state index is 11.0. The molecule has 1 N–H and O–H groups in total. The van der Waals surface area contributed by atoms with Crippen LogP contribution in [-0.2, 0) is 4.79 Å². The molecule has 8 heteroatoms. The Morgan fingerprint density at radius 2 is 1.57 bits per heavy atom. The fourth-order valence-corrected chi connectivity index (χ4v) is 1.73. The summed E-state index contributed by atoms with van der Waals surface area (Å²) in [5.41, 5.74) is 1.71. The summed E-state index contributed by atoms with van der Waals surface area (Å²) in [5.74, 6) is 0.488. The van der Waals surface area contributed by atoms with Gasteiger partial charge in [-0.1, -0.05) is 13.5 Å². The van der Waals surface area contributed by atoms with Gasteiger partial charge in [-0.3, -0.25) is 14.8 Å². The molecule has 0 spiro atoms. The van der Waals surface area contributed by atoms with E-state index in [0.29, 0.717) is 28.7 Å². The zero-order valence-corrected chi connectivity index (χ0v) is 11.6. The Bertz CT molecular complexity index is 773. The minimum atomic E-state index is -0.158. The quantitative estimate of drug-likeness (QED) is 0.788. The molecule has 0 atom stereocenters. The number of carbonyl (C=O) groups excluding carboxylic acids is 1. The molecule has 0 radical (unpaired) electrons. The first-order chi connectivity index (χ1) is 10.7. The number of hydrogen-bond acceptors (Lipinski definition) is 7. The molecule has 3 rings (SSSR count). The molecule has 0 aromatic carbocycles. The maximum atomic E-state index is 11.0. The van der Waals surface area contributed by atoms with E-state index >= 15 is 0 Å². The Morgan fingerprint density at radius 1 is 0.913 bits per heavy atom. The lowest BCUT2D eigenvalue weighted by molar-refractivity contribution is -0.114. The van der Waals surface area contributed by atoms with E-state index in [0.717, 1.165) is 0 Å². The second-order valence-corrected chi connectivity index (χ2v) is 4.38. The van der Waals surface area contributed by atoms with E-state index in [4.69, 9.17) is 0 Å². The Balaban J connectivity index is 0.00000192. The van der Waals surface area contributed by atoms with E-state index in [-0.39, 0.29) is 13.3 Å². The van der Waals surface area contributed by atoms with Gasteiger partial charge in [0.25, 0.3) is 0 Å². The number of nitrogens with one attached hydrogen (secondary N) is 1. The average molecular weight is 309 g/mol. The molecule has 8 nitrogen and oxygen atoms in total. The fraction of sp³-hybridized carbons (Fsp3) is 0.133. The van der Waals surface area contributed by atoms with Crippen molar-refractivity contribution in [2.24, 2.45) is 0 Å². The van der Waals surface area contributed by atoms with E-state index in [1.54, 1.807) is 30.5 Å². The van der Waals surface area contributed by atoms with Gasteiger partial charge in [0.15, 0.2) is 0 Å². The van der Waals surface area contributed by atoms with E-state index in [2.05, 4.69) is 35.7 Å². The van der Waals surface area contributed by atoms with Gasteiger partial charge in [0.1, 0.15) is 11.4 Å². The summed E-state index contributed by atoms with van der Waals surface area (Å²) in [4.78, 5) is 19.2. The number of carbonyl (C=O) groups is 1. The molecule has 3 heterocycles. The Hall–Kier alpha value is -3.29. The lowest BCUT2D eigenvalue weighted by Gasteiger charge is -2.02. The van der Waals surface area contributed by atoms with Gasteiger partial charge < -0.3 is 5.32 Å². The summed E-state index contributed by atoms with van der Waals surface area (Å²) in [6.45, 7) is 1.43. The molecule has 0 aliphatic rings. The van der Waals surface area contributed by atoms with Gasteiger partial charge in [-0.05, 0) is 24.3 Å². The van der Waals surface area contributed by atoms with E-state index in [1.807, 2.05) is 6.07 Å². The van der Waals surface area contributed by atoms with Crippen molar-refractivity contribution in [2.45, 2.75) is 14.4 Å². The highest BCUT2D eigenvalue weighted by Gasteiger charge is 2.08. The SMILES string of the molecule is C.CC(=O)Nc1ccc(-c2nnc(-c3ccccn3)nn2)nc1. The molecule has 1 amide bonds. The summed E-state index contributed by atoms with van der Waals surface area (Å²) < 4.78 is 0. The molecule has 0 unspecified atom stereocenters. The van der Waals surface area contributed by atoms with Gasteiger partial charge in [-0.25, -0.2) is 0 Å². The second kappa shape index (κ2) is 7.12. The smallest absolute Gasteiger partial charge is 0.221 e. The first-order valence-electron chi connectivity index (χ1n) is 6.45. The van der Waals surface area contributed by atoms with Gasteiger partial charge in [-0.15, -0.1) is 20.4 Å². The number of anilines is 1. The van der Waals surface area contributed by atoms with Gasteiger partial charge in [0, 0.05) is 13.1 Å². The Kier molecular flexibility index (Phi) is 4.98. The molecule has 0 bridgehead atoms. The lowest BCUT2D eigenvalue weighted by atomic mass is 10.3.